The number of carbonyl (C=O) groups is 1. The van der Waals surface area contributed by atoms with Crippen LogP contribution in [0.15, 0.2) is 42.5 Å². The van der Waals surface area contributed by atoms with Gasteiger partial charge in [0.2, 0.25) is 0 Å². The van der Waals surface area contributed by atoms with Crippen LogP contribution in [-0.2, 0) is 6.54 Å². The fraction of sp³-hybridized carbons (Fsp3) is 0.235. The number of amides is 1. The second-order valence-corrected chi connectivity index (χ2v) is 5.32. The highest BCUT2D eigenvalue weighted by Gasteiger charge is 2.19. The predicted molar refractivity (Wildman–Crippen MR) is 89.6 cm³/mol. The van der Waals surface area contributed by atoms with Gasteiger partial charge in [0, 0.05) is 38.5 Å². The Labute approximate surface area is 134 Å². The maximum atomic E-state index is 12.7. The van der Waals surface area contributed by atoms with Gasteiger partial charge in [-0.3, -0.25) is 14.9 Å². The molecule has 0 aliphatic carbocycles. The normalized spacial score (nSPS) is 10.2. The van der Waals surface area contributed by atoms with E-state index in [4.69, 9.17) is 0 Å². The molecule has 1 amide bonds. The Morgan fingerprint density at radius 3 is 2.57 bits per heavy atom. The summed E-state index contributed by atoms with van der Waals surface area (Å²) in [6, 6.07) is 12.1. The lowest BCUT2D eigenvalue weighted by Gasteiger charge is -2.20. The average molecular weight is 313 g/mol. The third kappa shape index (κ3) is 3.66. The van der Waals surface area contributed by atoms with Crippen molar-refractivity contribution >= 4 is 17.3 Å². The average Bonchev–Trinajstić information content (AvgIpc) is 2.55. The van der Waals surface area contributed by atoms with E-state index in [0.29, 0.717) is 12.2 Å². The molecule has 120 valence electrons. The summed E-state index contributed by atoms with van der Waals surface area (Å²) in [5, 5.41) is 13.8. The standard InChI is InChI=1S/C17H19N3O3/c1-12-6-4-5-7-13(12)11-19(3)17(21)15-10-14(20(22)23)8-9-16(15)18-2/h4-10,18H,11H2,1-3H3. The Hall–Kier alpha value is -2.89. The molecule has 0 spiro atoms. The molecule has 0 aliphatic heterocycles. The lowest BCUT2D eigenvalue weighted by atomic mass is 10.1. The van der Waals surface area contributed by atoms with Crippen LogP contribution < -0.4 is 5.32 Å². The van der Waals surface area contributed by atoms with E-state index in [0.717, 1.165) is 11.1 Å². The number of aryl methyl sites for hydroxylation is 1. The van der Waals surface area contributed by atoms with Gasteiger partial charge in [0.05, 0.1) is 10.5 Å². The van der Waals surface area contributed by atoms with Crippen LogP contribution in [0, 0.1) is 17.0 Å². The lowest BCUT2D eigenvalue weighted by Crippen LogP contribution is -2.27. The number of nitrogens with zero attached hydrogens (tertiary/aromatic N) is 2. The van der Waals surface area contributed by atoms with E-state index in [1.165, 1.54) is 12.1 Å². The van der Waals surface area contributed by atoms with Crippen LogP contribution in [0.2, 0.25) is 0 Å². The minimum Gasteiger partial charge on any atom is -0.387 e. The molecule has 2 aromatic rings. The number of nitro benzene ring substituents is 1. The predicted octanol–water partition coefficient (Wildman–Crippen LogP) is 3.22. The molecule has 0 unspecified atom stereocenters. The summed E-state index contributed by atoms with van der Waals surface area (Å²) < 4.78 is 0. The van der Waals surface area contributed by atoms with Gasteiger partial charge in [-0.05, 0) is 24.1 Å². The number of nitro groups is 1. The molecule has 0 fully saturated rings. The molecule has 0 radical (unpaired) electrons. The molecule has 23 heavy (non-hydrogen) atoms. The van der Waals surface area contributed by atoms with Gasteiger partial charge < -0.3 is 10.2 Å². The second kappa shape index (κ2) is 6.91. The molecule has 0 aliphatic rings. The maximum Gasteiger partial charge on any atom is 0.270 e. The number of hydrogen-bond acceptors (Lipinski definition) is 4. The molecule has 1 N–H and O–H groups in total. The van der Waals surface area contributed by atoms with Gasteiger partial charge in [-0.1, -0.05) is 24.3 Å². The summed E-state index contributed by atoms with van der Waals surface area (Å²) in [7, 11) is 3.37. The first kappa shape index (κ1) is 16.5. The van der Waals surface area contributed by atoms with Gasteiger partial charge in [0.1, 0.15) is 0 Å². The van der Waals surface area contributed by atoms with Gasteiger partial charge >= 0.3 is 0 Å². The van der Waals surface area contributed by atoms with Crippen molar-refractivity contribution in [2.75, 3.05) is 19.4 Å². The fourth-order valence-electron chi connectivity index (χ4n) is 2.36. The molecular weight excluding hydrogens is 294 g/mol. The van der Waals surface area contributed by atoms with E-state index in [9.17, 15) is 14.9 Å². The topological polar surface area (TPSA) is 75.5 Å². The molecule has 2 rings (SSSR count). The van der Waals surface area contributed by atoms with Crippen LogP contribution in [0.3, 0.4) is 0 Å². The lowest BCUT2D eigenvalue weighted by molar-refractivity contribution is -0.384. The summed E-state index contributed by atoms with van der Waals surface area (Å²) in [5.74, 6) is -0.263. The third-order valence-corrected chi connectivity index (χ3v) is 3.73. The number of anilines is 1. The van der Waals surface area contributed by atoms with Crippen molar-refractivity contribution in [1.29, 1.82) is 0 Å². The van der Waals surface area contributed by atoms with Crippen LogP contribution in [0.1, 0.15) is 21.5 Å². The summed E-state index contributed by atoms with van der Waals surface area (Å²) in [6.45, 7) is 2.43. The Morgan fingerprint density at radius 1 is 1.26 bits per heavy atom. The van der Waals surface area contributed by atoms with Crippen LogP contribution in [0.5, 0.6) is 0 Å². The largest absolute Gasteiger partial charge is 0.387 e. The first-order valence-electron chi connectivity index (χ1n) is 7.20. The zero-order chi connectivity index (χ0) is 17.0. The molecule has 6 nitrogen and oxygen atoms in total. The SMILES string of the molecule is CNc1ccc([N+](=O)[O-])cc1C(=O)N(C)Cc1ccccc1C. The van der Waals surface area contributed by atoms with Gasteiger partial charge in [0.15, 0.2) is 0 Å². The monoisotopic (exact) mass is 313 g/mol. The quantitative estimate of drug-likeness (QED) is 0.679. The summed E-state index contributed by atoms with van der Waals surface area (Å²) >= 11 is 0. The Morgan fingerprint density at radius 2 is 1.96 bits per heavy atom. The van der Waals surface area contributed by atoms with Crippen LogP contribution in [0.4, 0.5) is 11.4 Å². The minimum absolute atomic E-state index is 0.100. The van der Waals surface area contributed by atoms with Crippen LogP contribution >= 0.6 is 0 Å². The number of hydrogen-bond donors (Lipinski definition) is 1. The van der Waals surface area contributed by atoms with Crippen LogP contribution in [0.25, 0.3) is 0 Å². The van der Waals surface area contributed by atoms with Gasteiger partial charge in [0.25, 0.3) is 11.6 Å². The van der Waals surface area contributed by atoms with Crippen molar-refractivity contribution in [3.05, 3.63) is 69.3 Å². The summed E-state index contributed by atoms with van der Waals surface area (Å²) in [4.78, 5) is 24.7. The smallest absolute Gasteiger partial charge is 0.270 e. The zero-order valence-corrected chi connectivity index (χ0v) is 13.4. The van der Waals surface area contributed by atoms with Crippen molar-refractivity contribution in [3.8, 4) is 0 Å². The third-order valence-electron chi connectivity index (χ3n) is 3.73. The highest BCUT2D eigenvalue weighted by atomic mass is 16.6. The van der Waals surface area contributed by atoms with Gasteiger partial charge in [-0.2, -0.15) is 0 Å². The minimum atomic E-state index is -0.502. The number of benzene rings is 2. The van der Waals surface area contributed by atoms with E-state index >= 15 is 0 Å². The van der Waals surface area contributed by atoms with Crippen molar-refractivity contribution in [2.45, 2.75) is 13.5 Å². The molecule has 0 saturated heterocycles. The highest BCUT2D eigenvalue weighted by molar-refractivity contribution is 6.00. The molecule has 0 saturated carbocycles. The summed E-state index contributed by atoms with van der Waals surface area (Å²) in [5.41, 5.74) is 2.89. The highest BCUT2D eigenvalue weighted by Crippen LogP contribution is 2.23. The van der Waals surface area contributed by atoms with E-state index in [1.54, 1.807) is 25.1 Å². The van der Waals surface area contributed by atoms with Crippen molar-refractivity contribution in [2.24, 2.45) is 0 Å². The Kier molecular flexibility index (Phi) is 4.95. The fourth-order valence-corrected chi connectivity index (χ4v) is 2.36. The first-order chi connectivity index (χ1) is 10.9. The van der Waals surface area contributed by atoms with E-state index in [-0.39, 0.29) is 17.2 Å². The molecular formula is C17H19N3O3. The van der Waals surface area contributed by atoms with Crippen LogP contribution in [-0.4, -0.2) is 29.8 Å². The van der Waals surface area contributed by atoms with Crippen molar-refractivity contribution < 1.29 is 9.72 Å². The molecule has 0 aromatic heterocycles. The Balaban J connectivity index is 2.30. The first-order valence-corrected chi connectivity index (χ1v) is 7.20. The molecule has 0 heterocycles. The van der Waals surface area contributed by atoms with E-state index in [1.807, 2.05) is 31.2 Å². The number of rotatable bonds is 5. The van der Waals surface area contributed by atoms with E-state index in [2.05, 4.69) is 5.32 Å². The maximum absolute atomic E-state index is 12.7. The molecule has 0 bridgehead atoms. The Bertz CT molecular complexity index is 744. The van der Waals surface area contributed by atoms with Gasteiger partial charge in [-0.25, -0.2) is 0 Å². The van der Waals surface area contributed by atoms with Crippen molar-refractivity contribution in [1.82, 2.24) is 4.90 Å². The number of non-ortho nitro benzene ring substituents is 1. The zero-order valence-electron chi connectivity index (χ0n) is 13.4. The van der Waals surface area contributed by atoms with Crippen molar-refractivity contribution in [3.63, 3.8) is 0 Å². The van der Waals surface area contributed by atoms with E-state index < -0.39 is 4.92 Å². The second-order valence-electron chi connectivity index (χ2n) is 5.32. The molecule has 0 atom stereocenters. The van der Waals surface area contributed by atoms with Gasteiger partial charge in [-0.15, -0.1) is 0 Å². The molecule has 6 heteroatoms. The summed E-state index contributed by atoms with van der Waals surface area (Å²) in [6.07, 6.45) is 0. The number of nitrogens with one attached hydrogen (secondary N) is 1. The number of carbonyl (C=O) groups excluding carboxylic acids is 1. The molecule has 2 aromatic carbocycles.